The van der Waals surface area contributed by atoms with Gasteiger partial charge in [0.2, 0.25) is 5.91 Å². The number of benzene rings is 2. The number of H-pyrrole nitrogens is 1. The van der Waals surface area contributed by atoms with Crippen molar-refractivity contribution in [3.8, 4) is 0 Å². The van der Waals surface area contributed by atoms with Crippen molar-refractivity contribution in [1.82, 2.24) is 4.98 Å². The topological polar surface area (TPSA) is 85.2 Å². The monoisotopic (exact) mass is 322 g/mol. The standard InChI is InChI=1S/C19H18N2O3/c1-24-19(23)13-8-6-12(7-9-13)10-15(18(20)22)16-11-21-17-5-3-2-4-14(16)17/h2-9,11,15,21H,10H2,1H3,(H2,20,22). The van der Waals surface area contributed by atoms with Gasteiger partial charge in [-0.15, -0.1) is 0 Å². The van der Waals surface area contributed by atoms with E-state index in [-0.39, 0.29) is 11.9 Å². The molecule has 3 aromatic rings. The highest BCUT2D eigenvalue weighted by molar-refractivity contribution is 5.92. The van der Waals surface area contributed by atoms with Crippen LogP contribution in [0.5, 0.6) is 0 Å². The molecular formula is C19H18N2O3. The second-order valence-electron chi connectivity index (χ2n) is 5.64. The van der Waals surface area contributed by atoms with Crippen LogP contribution in [0, 0.1) is 0 Å². The molecule has 0 aliphatic heterocycles. The van der Waals surface area contributed by atoms with E-state index in [0.29, 0.717) is 12.0 Å². The molecule has 5 heteroatoms. The molecule has 0 aliphatic rings. The Morgan fingerprint density at radius 1 is 1.12 bits per heavy atom. The third-order valence-corrected chi connectivity index (χ3v) is 4.15. The number of para-hydroxylation sites is 1. The Labute approximate surface area is 139 Å². The average molecular weight is 322 g/mol. The minimum Gasteiger partial charge on any atom is -0.465 e. The van der Waals surface area contributed by atoms with Crippen LogP contribution in [0.15, 0.2) is 54.7 Å². The first kappa shape index (κ1) is 15.8. The number of hydrogen-bond acceptors (Lipinski definition) is 3. The van der Waals surface area contributed by atoms with E-state index in [4.69, 9.17) is 5.73 Å². The highest BCUT2D eigenvalue weighted by Gasteiger charge is 2.22. The lowest BCUT2D eigenvalue weighted by Crippen LogP contribution is -2.23. The number of nitrogens with two attached hydrogens (primary N) is 1. The van der Waals surface area contributed by atoms with Crippen LogP contribution < -0.4 is 5.73 Å². The quantitative estimate of drug-likeness (QED) is 0.708. The number of aromatic amines is 1. The Hall–Kier alpha value is -3.08. The molecule has 1 amide bonds. The molecule has 0 fully saturated rings. The van der Waals surface area contributed by atoms with Gasteiger partial charge >= 0.3 is 5.97 Å². The summed E-state index contributed by atoms with van der Waals surface area (Å²) >= 11 is 0. The normalized spacial score (nSPS) is 12.0. The van der Waals surface area contributed by atoms with Crippen LogP contribution >= 0.6 is 0 Å². The molecule has 24 heavy (non-hydrogen) atoms. The van der Waals surface area contributed by atoms with Gasteiger partial charge < -0.3 is 15.5 Å². The van der Waals surface area contributed by atoms with Gasteiger partial charge in [0.1, 0.15) is 0 Å². The molecule has 5 nitrogen and oxygen atoms in total. The van der Waals surface area contributed by atoms with Crippen LogP contribution in [0.2, 0.25) is 0 Å². The van der Waals surface area contributed by atoms with Crippen LogP contribution in [-0.2, 0) is 16.0 Å². The lowest BCUT2D eigenvalue weighted by atomic mass is 9.91. The van der Waals surface area contributed by atoms with Crippen molar-refractivity contribution in [1.29, 1.82) is 0 Å². The molecular weight excluding hydrogens is 304 g/mol. The number of primary amides is 1. The molecule has 1 unspecified atom stereocenters. The van der Waals surface area contributed by atoms with Crippen molar-refractivity contribution in [3.63, 3.8) is 0 Å². The van der Waals surface area contributed by atoms with Crippen LogP contribution in [0.3, 0.4) is 0 Å². The van der Waals surface area contributed by atoms with Gasteiger partial charge in [0.05, 0.1) is 18.6 Å². The fourth-order valence-corrected chi connectivity index (χ4v) is 2.88. The van der Waals surface area contributed by atoms with Crippen molar-refractivity contribution in [2.75, 3.05) is 7.11 Å². The third-order valence-electron chi connectivity index (χ3n) is 4.15. The summed E-state index contributed by atoms with van der Waals surface area (Å²) in [7, 11) is 1.34. The number of carbonyl (C=O) groups is 2. The van der Waals surface area contributed by atoms with Crippen molar-refractivity contribution >= 4 is 22.8 Å². The van der Waals surface area contributed by atoms with Gasteiger partial charge in [-0.25, -0.2) is 4.79 Å². The minimum absolute atomic E-state index is 0.378. The average Bonchev–Trinajstić information content (AvgIpc) is 3.03. The maximum absolute atomic E-state index is 12.0. The van der Waals surface area contributed by atoms with Crippen molar-refractivity contribution in [2.24, 2.45) is 5.73 Å². The van der Waals surface area contributed by atoms with Crippen LogP contribution in [-0.4, -0.2) is 24.0 Å². The Balaban J connectivity index is 1.90. The Bertz CT molecular complexity index is 881. The highest BCUT2D eigenvalue weighted by atomic mass is 16.5. The maximum Gasteiger partial charge on any atom is 0.337 e. The Kier molecular flexibility index (Phi) is 4.33. The summed E-state index contributed by atoms with van der Waals surface area (Å²) in [6.07, 6.45) is 2.31. The number of amides is 1. The number of fused-ring (bicyclic) bond motifs is 1. The summed E-state index contributed by atoms with van der Waals surface area (Å²) < 4.78 is 4.69. The largest absolute Gasteiger partial charge is 0.465 e. The van der Waals surface area contributed by atoms with E-state index in [9.17, 15) is 9.59 Å². The molecule has 0 aliphatic carbocycles. The molecule has 0 bridgehead atoms. The van der Waals surface area contributed by atoms with Crippen LogP contribution in [0.4, 0.5) is 0 Å². The molecule has 2 aromatic carbocycles. The summed E-state index contributed by atoms with van der Waals surface area (Å²) in [4.78, 5) is 26.7. The van der Waals surface area contributed by atoms with E-state index < -0.39 is 5.92 Å². The maximum atomic E-state index is 12.0. The molecule has 122 valence electrons. The first-order valence-corrected chi connectivity index (χ1v) is 7.62. The zero-order valence-corrected chi connectivity index (χ0v) is 13.3. The molecule has 1 aromatic heterocycles. The Morgan fingerprint density at radius 2 is 1.83 bits per heavy atom. The van der Waals surface area contributed by atoms with Crippen molar-refractivity contribution in [3.05, 3.63) is 71.4 Å². The smallest absolute Gasteiger partial charge is 0.337 e. The number of ether oxygens (including phenoxy) is 1. The minimum atomic E-state index is -0.440. The van der Waals surface area contributed by atoms with Gasteiger partial charge in [0.25, 0.3) is 0 Å². The van der Waals surface area contributed by atoms with Crippen LogP contribution in [0.25, 0.3) is 10.9 Å². The lowest BCUT2D eigenvalue weighted by Gasteiger charge is -2.13. The van der Waals surface area contributed by atoms with Crippen molar-refractivity contribution < 1.29 is 14.3 Å². The molecule has 0 spiro atoms. The van der Waals surface area contributed by atoms with E-state index in [2.05, 4.69) is 9.72 Å². The summed E-state index contributed by atoms with van der Waals surface area (Å²) in [5.74, 6) is -1.20. The fraction of sp³-hybridized carbons (Fsp3) is 0.158. The van der Waals surface area contributed by atoms with Gasteiger partial charge in [-0.2, -0.15) is 0 Å². The predicted molar refractivity (Wildman–Crippen MR) is 91.7 cm³/mol. The van der Waals surface area contributed by atoms with Crippen LogP contribution in [0.1, 0.15) is 27.4 Å². The number of rotatable bonds is 5. The van der Waals surface area contributed by atoms with Gasteiger partial charge in [0.15, 0.2) is 0 Å². The van der Waals surface area contributed by atoms with Gasteiger partial charge in [-0.05, 0) is 35.7 Å². The molecule has 0 saturated carbocycles. The van der Waals surface area contributed by atoms with E-state index in [0.717, 1.165) is 22.0 Å². The first-order valence-electron chi connectivity index (χ1n) is 7.62. The number of carbonyl (C=O) groups excluding carboxylic acids is 2. The number of methoxy groups -OCH3 is 1. The molecule has 0 saturated heterocycles. The van der Waals surface area contributed by atoms with E-state index in [1.54, 1.807) is 12.1 Å². The molecule has 3 N–H and O–H groups in total. The van der Waals surface area contributed by atoms with E-state index in [1.165, 1.54) is 7.11 Å². The van der Waals surface area contributed by atoms with E-state index in [1.807, 2.05) is 42.6 Å². The Morgan fingerprint density at radius 3 is 2.50 bits per heavy atom. The molecule has 3 rings (SSSR count). The first-order chi connectivity index (χ1) is 11.6. The summed E-state index contributed by atoms with van der Waals surface area (Å²) in [5.41, 5.74) is 8.90. The van der Waals surface area contributed by atoms with E-state index >= 15 is 0 Å². The number of esters is 1. The molecule has 0 radical (unpaired) electrons. The molecule has 1 heterocycles. The molecule has 1 atom stereocenters. The second-order valence-corrected chi connectivity index (χ2v) is 5.64. The third kappa shape index (κ3) is 3.01. The lowest BCUT2D eigenvalue weighted by molar-refractivity contribution is -0.119. The van der Waals surface area contributed by atoms with Gasteiger partial charge in [-0.1, -0.05) is 30.3 Å². The van der Waals surface area contributed by atoms with Gasteiger partial charge in [0, 0.05) is 17.1 Å². The predicted octanol–water partition coefficient (Wildman–Crippen LogP) is 2.77. The fourth-order valence-electron chi connectivity index (χ4n) is 2.88. The second kappa shape index (κ2) is 6.58. The van der Waals surface area contributed by atoms with Gasteiger partial charge in [-0.3, -0.25) is 4.79 Å². The zero-order valence-electron chi connectivity index (χ0n) is 13.3. The summed E-state index contributed by atoms with van der Waals surface area (Å²) in [5, 5.41) is 0.993. The number of aromatic nitrogens is 1. The SMILES string of the molecule is COC(=O)c1ccc(CC(C(N)=O)c2c[nH]c3ccccc23)cc1. The summed E-state index contributed by atoms with van der Waals surface area (Å²) in [6.45, 7) is 0. The van der Waals surface area contributed by atoms with Crippen molar-refractivity contribution in [2.45, 2.75) is 12.3 Å². The summed E-state index contributed by atoms with van der Waals surface area (Å²) in [6, 6.07) is 14.8. The number of nitrogens with one attached hydrogen (secondary N) is 1. The zero-order chi connectivity index (χ0) is 17.1. The number of hydrogen-bond donors (Lipinski definition) is 2. The highest BCUT2D eigenvalue weighted by Crippen LogP contribution is 2.28.